The number of halogens is 1. The summed E-state index contributed by atoms with van der Waals surface area (Å²) in [5.41, 5.74) is -0.392. The van der Waals surface area contributed by atoms with Crippen LogP contribution in [0.5, 0.6) is 5.75 Å². The van der Waals surface area contributed by atoms with Gasteiger partial charge in [0, 0.05) is 12.4 Å². The summed E-state index contributed by atoms with van der Waals surface area (Å²) in [6.45, 7) is -0.490. The number of aromatic carboxylic acids is 1. The SMILES string of the molecule is O=C(COc1ccccc1F)Nc1nccnc1C(=O)O. The largest absolute Gasteiger partial charge is 0.481 e. The fourth-order valence-electron chi connectivity index (χ4n) is 1.46. The number of carboxylic acid groups (broad SMARTS) is 1. The number of nitrogens with zero attached hydrogens (tertiary/aromatic N) is 2. The molecule has 2 N–H and O–H groups in total. The molecule has 0 aliphatic carbocycles. The molecule has 0 bridgehead atoms. The number of benzene rings is 1. The summed E-state index contributed by atoms with van der Waals surface area (Å²) in [5, 5.41) is 11.1. The number of amides is 1. The van der Waals surface area contributed by atoms with Crippen molar-refractivity contribution in [3.8, 4) is 5.75 Å². The van der Waals surface area contributed by atoms with E-state index in [0.29, 0.717) is 0 Å². The Hall–Kier alpha value is -3.03. The summed E-state index contributed by atoms with van der Waals surface area (Å²) in [5.74, 6) is -2.89. The molecule has 0 saturated carbocycles. The van der Waals surface area contributed by atoms with Gasteiger partial charge in [0.25, 0.3) is 5.91 Å². The van der Waals surface area contributed by atoms with Crippen molar-refractivity contribution < 1.29 is 23.8 Å². The number of hydrogen-bond donors (Lipinski definition) is 2. The van der Waals surface area contributed by atoms with Crippen molar-refractivity contribution >= 4 is 17.7 Å². The van der Waals surface area contributed by atoms with E-state index < -0.39 is 30.0 Å². The molecule has 0 radical (unpaired) electrons. The maximum Gasteiger partial charge on any atom is 0.358 e. The van der Waals surface area contributed by atoms with Crippen LogP contribution in [0.15, 0.2) is 36.7 Å². The van der Waals surface area contributed by atoms with Gasteiger partial charge in [-0.1, -0.05) is 12.1 Å². The van der Waals surface area contributed by atoms with E-state index in [-0.39, 0.29) is 11.6 Å². The molecule has 1 aromatic heterocycles. The maximum atomic E-state index is 13.3. The first-order chi connectivity index (χ1) is 10.1. The Morgan fingerprint density at radius 2 is 1.95 bits per heavy atom. The molecular weight excluding hydrogens is 281 g/mol. The number of nitrogens with one attached hydrogen (secondary N) is 1. The van der Waals surface area contributed by atoms with Crippen molar-refractivity contribution in [2.24, 2.45) is 0 Å². The normalized spacial score (nSPS) is 9.95. The van der Waals surface area contributed by atoms with E-state index in [1.165, 1.54) is 30.6 Å². The molecule has 1 heterocycles. The van der Waals surface area contributed by atoms with Crippen molar-refractivity contribution in [1.82, 2.24) is 9.97 Å². The molecule has 7 nitrogen and oxygen atoms in total. The van der Waals surface area contributed by atoms with Crippen LogP contribution in [-0.2, 0) is 4.79 Å². The van der Waals surface area contributed by atoms with Crippen molar-refractivity contribution in [2.75, 3.05) is 11.9 Å². The minimum Gasteiger partial charge on any atom is -0.481 e. The number of rotatable bonds is 5. The number of anilines is 1. The molecule has 0 atom stereocenters. The lowest BCUT2D eigenvalue weighted by molar-refractivity contribution is -0.118. The standard InChI is InChI=1S/C13H10FN3O4/c14-8-3-1-2-4-9(8)21-7-10(18)17-12-11(13(19)20)15-5-6-16-12/h1-6H,7H2,(H,19,20)(H,16,17,18). The van der Waals surface area contributed by atoms with Gasteiger partial charge in [-0.2, -0.15) is 0 Å². The molecule has 8 heteroatoms. The maximum absolute atomic E-state index is 13.3. The fourth-order valence-corrected chi connectivity index (χ4v) is 1.46. The van der Waals surface area contributed by atoms with Crippen molar-refractivity contribution in [3.05, 3.63) is 48.2 Å². The zero-order valence-electron chi connectivity index (χ0n) is 10.6. The summed E-state index contributed by atoms with van der Waals surface area (Å²) in [6.07, 6.45) is 2.43. The lowest BCUT2D eigenvalue weighted by Gasteiger charge is -2.08. The highest BCUT2D eigenvalue weighted by Crippen LogP contribution is 2.15. The molecule has 21 heavy (non-hydrogen) atoms. The Morgan fingerprint density at radius 3 is 2.67 bits per heavy atom. The first kappa shape index (κ1) is 14.4. The number of ether oxygens (including phenoxy) is 1. The van der Waals surface area contributed by atoms with Crippen LogP contribution in [0.25, 0.3) is 0 Å². The Morgan fingerprint density at radius 1 is 1.24 bits per heavy atom. The van der Waals surface area contributed by atoms with Gasteiger partial charge in [-0.3, -0.25) is 4.79 Å². The minimum atomic E-state index is -1.33. The molecule has 2 rings (SSSR count). The third-order valence-corrected chi connectivity index (χ3v) is 2.35. The highest BCUT2D eigenvalue weighted by molar-refractivity contribution is 5.98. The molecule has 1 amide bonds. The van der Waals surface area contributed by atoms with Gasteiger partial charge >= 0.3 is 5.97 Å². The van der Waals surface area contributed by atoms with Crippen LogP contribution in [0.4, 0.5) is 10.2 Å². The molecule has 0 unspecified atom stereocenters. The zero-order chi connectivity index (χ0) is 15.2. The second-order valence-electron chi connectivity index (χ2n) is 3.83. The van der Waals surface area contributed by atoms with Crippen molar-refractivity contribution in [3.63, 3.8) is 0 Å². The average molecular weight is 291 g/mol. The van der Waals surface area contributed by atoms with Gasteiger partial charge in [-0.05, 0) is 12.1 Å². The van der Waals surface area contributed by atoms with E-state index in [0.717, 1.165) is 0 Å². The van der Waals surface area contributed by atoms with E-state index in [1.807, 2.05) is 0 Å². The lowest BCUT2D eigenvalue weighted by atomic mass is 10.3. The first-order valence-corrected chi connectivity index (χ1v) is 5.79. The van der Waals surface area contributed by atoms with E-state index >= 15 is 0 Å². The monoisotopic (exact) mass is 291 g/mol. The summed E-state index contributed by atoms with van der Waals surface area (Å²) in [7, 11) is 0. The number of carboxylic acids is 1. The van der Waals surface area contributed by atoms with E-state index in [2.05, 4.69) is 15.3 Å². The molecule has 0 spiro atoms. The molecule has 0 aliphatic heterocycles. The third-order valence-electron chi connectivity index (χ3n) is 2.35. The van der Waals surface area contributed by atoms with Crippen LogP contribution < -0.4 is 10.1 Å². The quantitative estimate of drug-likeness (QED) is 0.861. The summed E-state index contributed by atoms with van der Waals surface area (Å²) in [6, 6.07) is 5.61. The van der Waals surface area contributed by atoms with Gasteiger partial charge < -0.3 is 15.2 Å². The van der Waals surface area contributed by atoms with Gasteiger partial charge in [-0.25, -0.2) is 19.2 Å². The number of carbonyl (C=O) groups excluding carboxylic acids is 1. The number of para-hydroxylation sites is 1. The fraction of sp³-hybridized carbons (Fsp3) is 0.0769. The topological polar surface area (TPSA) is 101 Å². The number of hydrogen-bond acceptors (Lipinski definition) is 5. The van der Waals surface area contributed by atoms with E-state index in [4.69, 9.17) is 9.84 Å². The highest BCUT2D eigenvalue weighted by atomic mass is 19.1. The van der Waals surface area contributed by atoms with Crippen LogP contribution >= 0.6 is 0 Å². The molecule has 0 aliphatic rings. The van der Waals surface area contributed by atoms with Crippen molar-refractivity contribution in [1.29, 1.82) is 0 Å². The molecule has 2 aromatic rings. The van der Waals surface area contributed by atoms with Gasteiger partial charge in [0.15, 0.2) is 29.7 Å². The number of aromatic nitrogens is 2. The molecule has 0 fully saturated rings. The summed E-state index contributed by atoms with van der Waals surface area (Å²) in [4.78, 5) is 29.8. The van der Waals surface area contributed by atoms with E-state index in [9.17, 15) is 14.0 Å². The van der Waals surface area contributed by atoms with E-state index in [1.54, 1.807) is 6.07 Å². The number of carbonyl (C=O) groups is 2. The van der Waals surface area contributed by atoms with Crippen molar-refractivity contribution in [2.45, 2.75) is 0 Å². The predicted octanol–water partition coefficient (Wildman–Crippen LogP) is 1.33. The van der Waals surface area contributed by atoms with Crippen LogP contribution in [0, 0.1) is 5.82 Å². The van der Waals surface area contributed by atoms with Gasteiger partial charge in [0.2, 0.25) is 0 Å². The smallest absolute Gasteiger partial charge is 0.358 e. The summed E-state index contributed by atoms with van der Waals surface area (Å²) >= 11 is 0. The Balaban J connectivity index is 2.00. The second-order valence-corrected chi connectivity index (χ2v) is 3.83. The highest BCUT2D eigenvalue weighted by Gasteiger charge is 2.15. The third kappa shape index (κ3) is 3.72. The van der Waals surface area contributed by atoms with Crippen LogP contribution in [0.2, 0.25) is 0 Å². The second kappa shape index (κ2) is 6.42. The van der Waals surface area contributed by atoms with Gasteiger partial charge in [0.05, 0.1) is 0 Å². The molecule has 108 valence electrons. The van der Waals surface area contributed by atoms with Gasteiger partial charge in [-0.15, -0.1) is 0 Å². The van der Waals surface area contributed by atoms with Crippen LogP contribution in [-0.4, -0.2) is 33.6 Å². The predicted molar refractivity (Wildman–Crippen MR) is 69.5 cm³/mol. The Labute approximate surface area is 118 Å². The molecule has 1 aromatic carbocycles. The lowest BCUT2D eigenvalue weighted by Crippen LogP contribution is -2.23. The minimum absolute atomic E-state index is 0.0785. The van der Waals surface area contributed by atoms with Crippen LogP contribution in [0.3, 0.4) is 0 Å². The van der Waals surface area contributed by atoms with Crippen LogP contribution in [0.1, 0.15) is 10.5 Å². The van der Waals surface area contributed by atoms with Gasteiger partial charge in [0.1, 0.15) is 0 Å². The summed E-state index contributed by atoms with van der Waals surface area (Å²) < 4.78 is 18.3. The zero-order valence-corrected chi connectivity index (χ0v) is 10.6. The molecule has 0 saturated heterocycles. The first-order valence-electron chi connectivity index (χ1n) is 5.79. The molecular formula is C13H10FN3O4. The Bertz CT molecular complexity index is 678. The average Bonchev–Trinajstić information content (AvgIpc) is 2.47. The Kier molecular flexibility index (Phi) is 4.39.